The predicted octanol–water partition coefficient (Wildman–Crippen LogP) is 5.86. The maximum Gasteiger partial charge on any atom is 0.234 e. The van der Waals surface area contributed by atoms with Crippen LogP contribution in [0, 0.1) is 5.82 Å². The molecule has 1 heterocycles. The molecule has 0 unspecified atom stereocenters. The molecule has 0 atom stereocenters. The molecule has 1 N–H and O–H groups in total. The first-order chi connectivity index (χ1) is 16.0. The summed E-state index contributed by atoms with van der Waals surface area (Å²) >= 11 is 7.29. The smallest absolute Gasteiger partial charge is 0.234 e. The van der Waals surface area contributed by atoms with Crippen molar-refractivity contribution in [2.75, 3.05) is 17.7 Å². The van der Waals surface area contributed by atoms with Gasteiger partial charge in [0.15, 0.2) is 11.0 Å². The third-order valence-electron chi connectivity index (χ3n) is 4.60. The van der Waals surface area contributed by atoms with E-state index in [0.29, 0.717) is 28.3 Å². The average Bonchev–Trinajstić information content (AvgIpc) is 3.24. The normalized spacial score (nSPS) is 10.8. The van der Waals surface area contributed by atoms with E-state index in [1.807, 2.05) is 47.9 Å². The number of rotatable bonds is 8. The first kappa shape index (κ1) is 22.8. The molecule has 0 aliphatic rings. The summed E-state index contributed by atoms with van der Waals surface area (Å²) in [6.07, 6.45) is 0. The lowest BCUT2D eigenvalue weighted by Gasteiger charge is -2.12. The molecule has 0 radical (unpaired) electrons. The first-order valence-corrected chi connectivity index (χ1v) is 11.5. The first-order valence-electron chi connectivity index (χ1n) is 10.2. The minimum absolute atomic E-state index is 0.104. The predicted molar refractivity (Wildman–Crippen MR) is 129 cm³/mol. The molecule has 168 valence electrons. The highest BCUT2D eigenvalue weighted by Crippen LogP contribution is 2.29. The standard InChI is InChI=1S/C24H20ClFN4O2S/c1-2-32-21-13-11-20(12-14-21)30-23(16-3-5-17(25)6-4-16)28-29-24(30)33-15-22(31)27-19-9-7-18(26)8-10-19/h3-14H,2,15H2,1H3,(H,27,31). The molecule has 9 heteroatoms. The van der Waals surface area contributed by atoms with Crippen LogP contribution in [0.1, 0.15) is 6.92 Å². The number of thioether (sulfide) groups is 1. The van der Waals surface area contributed by atoms with E-state index in [9.17, 15) is 9.18 Å². The van der Waals surface area contributed by atoms with Gasteiger partial charge in [-0.2, -0.15) is 0 Å². The Balaban J connectivity index is 1.59. The largest absolute Gasteiger partial charge is 0.494 e. The zero-order valence-electron chi connectivity index (χ0n) is 17.7. The fraction of sp³-hybridized carbons (Fsp3) is 0.125. The van der Waals surface area contributed by atoms with Gasteiger partial charge in [-0.15, -0.1) is 10.2 Å². The summed E-state index contributed by atoms with van der Waals surface area (Å²) in [5, 5.41) is 12.6. The number of nitrogens with zero attached hydrogens (tertiary/aromatic N) is 3. The Morgan fingerprint density at radius 2 is 1.73 bits per heavy atom. The summed E-state index contributed by atoms with van der Waals surface area (Å²) in [7, 11) is 0. The van der Waals surface area contributed by atoms with Crippen LogP contribution in [-0.4, -0.2) is 33.0 Å². The number of aromatic nitrogens is 3. The van der Waals surface area contributed by atoms with E-state index >= 15 is 0 Å². The number of carbonyl (C=O) groups excluding carboxylic acids is 1. The second-order valence-corrected chi connectivity index (χ2v) is 8.30. The van der Waals surface area contributed by atoms with Crippen LogP contribution >= 0.6 is 23.4 Å². The van der Waals surface area contributed by atoms with Crippen LogP contribution < -0.4 is 10.1 Å². The molecule has 1 aromatic heterocycles. The Hall–Kier alpha value is -3.36. The molecule has 33 heavy (non-hydrogen) atoms. The van der Waals surface area contributed by atoms with Gasteiger partial charge in [0.05, 0.1) is 12.4 Å². The van der Waals surface area contributed by atoms with Crippen molar-refractivity contribution in [3.05, 3.63) is 83.6 Å². The van der Waals surface area contributed by atoms with Gasteiger partial charge >= 0.3 is 0 Å². The maximum atomic E-state index is 13.1. The fourth-order valence-corrected chi connectivity index (χ4v) is 3.98. The number of anilines is 1. The van der Waals surface area contributed by atoms with Gasteiger partial charge in [0.25, 0.3) is 0 Å². The zero-order chi connectivity index (χ0) is 23.2. The zero-order valence-corrected chi connectivity index (χ0v) is 19.2. The Morgan fingerprint density at radius 1 is 1.03 bits per heavy atom. The molecule has 4 aromatic rings. The van der Waals surface area contributed by atoms with Gasteiger partial charge in [0.2, 0.25) is 5.91 Å². The number of halogens is 2. The van der Waals surface area contributed by atoms with Gasteiger partial charge in [-0.1, -0.05) is 23.4 Å². The number of amides is 1. The molecule has 0 aliphatic carbocycles. The third-order valence-corrected chi connectivity index (χ3v) is 5.78. The molecule has 0 saturated carbocycles. The van der Waals surface area contributed by atoms with Gasteiger partial charge in [0, 0.05) is 22.0 Å². The Kier molecular flexibility index (Phi) is 7.26. The minimum Gasteiger partial charge on any atom is -0.494 e. The summed E-state index contributed by atoms with van der Waals surface area (Å²) in [5.74, 6) is 0.890. The van der Waals surface area contributed by atoms with Crippen LogP contribution in [0.25, 0.3) is 17.1 Å². The van der Waals surface area contributed by atoms with Crippen LogP contribution in [-0.2, 0) is 4.79 Å². The topological polar surface area (TPSA) is 69.0 Å². The Morgan fingerprint density at radius 3 is 2.39 bits per heavy atom. The highest BCUT2D eigenvalue weighted by atomic mass is 35.5. The lowest BCUT2D eigenvalue weighted by atomic mass is 10.2. The molecule has 1 amide bonds. The molecule has 3 aromatic carbocycles. The summed E-state index contributed by atoms with van der Waals surface area (Å²) in [6.45, 7) is 2.50. The summed E-state index contributed by atoms with van der Waals surface area (Å²) in [4.78, 5) is 12.4. The van der Waals surface area contributed by atoms with Crippen molar-refractivity contribution >= 4 is 35.0 Å². The number of hydrogen-bond acceptors (Lipinski definition) is 5. The van der Waals surface area contributed by atoms with E-state index in [-0.39, 0.29) is 17.5 Å². The van der Waals surface area contributed by atoms with Crippen molar-refractivity contribution < 1.29 is 13.9 Å². The van der Waals surface area contributed by atoms with Crippen molar-refractivity contribution in [1.29, 1.82) is 0 Å². The van der Waals surface area contributed by atoms with Gasteiger partial charge in [-0.25, -0.2) is 4.39 Å². The summed E-state index contributed by atoms with van der Waals surface area (Å²) in [6, 6.07) is 20.5. The van der Waals surface area contributed by atoms with E-state index in [4.69, 9.17) is 16.3 Å². The molecule has 4 rings (SSSR count). The van der Waals surface area contributed by atoms with Crippen LogP contribution in [0.3, 0.4) is 0 Å². The van der Waals surface area contributed by atoms with E-state index in [0.717, 1.165) is 17.0 Å². The van der Waals surface area contributed by atoms with E-state index in [1.54, 1.807) is 12.1 Å². The summed E-state index contributed by atoms with van der Waals surface area (Å²) in [5.41, 5.74) is 2.19. The molecule has 0 aliphatic heterocycles. The average molecular weight is 483 g/mol. The number of benzene rings is 3. The van der Waals surface area contributed by atoms with Crippen molar-refractivity contribution in [3.63, 3.8) is 0 Å². The Bertz CT molecular complexity index is 1230. The molecular formula is C24H20ClFN4O2S. The van der Waals surface area contributed by atoms with Crippen LogP contribution in [0.15, 0.2) is 78.0 Å². The highest BCUT2D eigenvalue weighted by molar-refractivity contribution is 7.99. The minimum atomic E-state index is -0.361. The molecular weight excluding hydrogens is 463 g/mol. The van der Waals surface area contributed by atoms with Crippen LogP contribution in [0.2, 0.25) is 5.02 Å². The van der Waals surface area contributed by atoms with Crippen LogP contribution in [0.5, 0.6) is 5.75 Å². The second-order valence-electron chi connectivity index (χ2n) is 6.92. The number of hydrogen-bond donors (Lipinski definition) is 1. The van der Waals surface area contributed by atoms with Crippen molar-refractivity contribution in [2.24, 2.45) is 0 Å². The second kappa shape index (κ2) is 10.5. The third kappa shape index (κ3) is 5.71. The summed E-state index contributed by atoms with van der Waals surface area (Å²) < 4.78 is 20.5. The van der Waals surface area contributed by atoms with Crippen molar-refractivity contribution in [1.82, 2.24) is 14.8 Å². The molecule has 0 saturated heterocycles. The van der Waals surface area contributed by atoms with E-state index in [1.165, 1.54) is 36.0 Å². The van der Waals surface area contributed by atoms with Gasteiger partial charge < -0.3 is 10.1 Å². The molecule has 0 bridgehead atoms. The van der Waals surface area contributed by atoms with Gasteiger partial charge in [-0.3, -0.25) is 9.36 Å². The number of carbonyl (C=O) groups is 1. The molecule has 6 nitrogen and oxygen atoms in total. The lowest BCUT2D eigenvalue weighted by molar-refractivity contribution is -0.113. The highest BCUT2D eigenvalue weighted by Gasteiger charge is 2.17. The lowest BCUT2D eigenvalue weighted by Crippen LogP contribution is -2.14. The number of ether oxygens (including phenoxy) is 1. The Labute approximate surface area is 199 Å². The quantitative estimate of drug-likeness (QED) is 0.319. The maximum absolute atomic E-state index is 13.1. The van der Waals surface area contributed by atoms with E-state index in [2.05, 4.69) is 15.5 Å². The van der Waals surface area contributed by atoms with Gasteiger partial charge in [0.1, 0.15) is 11.6 Å². The van der Waals surface area contributed by atoms with E-state index < -0.39 is 0 Å². The molecule has 0 fully saturated rings. The SMILES string of the molecule is CCOc1ccc(-n2c(SCC(=O)Nc3ccc(F)cc3)nnc2-c2ccc(Cl)cc2)cc1. The van der Waals surface area contributed by atoms with Crippen molar-refractivity contribution in [3.8, 4) is 22.8 Å². The van der Waals surface area contributed by atoms with Crippen molar-refractivity contribution in [2.45, 2.75) is 12.1 Å². The number of nitrogens with one attached hydrogen (secondary N) is 1. The van der Waals surface area contributed by atoms with Gasteiger partial charge in [-0.05, 0) is 79.7 Å². The monoisotopic (exact) mass is 482 g/mol. The fourth-order valence-electron chi connectivity index (χ4n) is 3.10. The molecule has 0 spiro atoms. The van der Waals surface area contributed by atoms with Crippen LogP contribution in [0.4, 0.5) is 10.1 Å².